The summed E-state index contributed by atoms with van der Waals surface area (Å²) in [5.41, 5.74) is 1.63. The van der Waals surface area contributed by atoms with Crippen molar-refractivity contribution in [2.24, 2.45) is 0 Å². The second-order valence-corrected chi connectivity index (χ2v) is 5.71. The van der Waals surface area contributed by atoms with Gasteiger partial charge in [0.2, 0.25) is 0 Å². The van der Waals surface area contributed by atoms with Crippen molar-refractivity contribution in [2.75, 3.05) is 19.8 Å². The Morgan fingerprint density at radius 1 is 1.58 bits per heavy atom. The van der Waals surface area contributed by atoms with Crippen molar-refractivity contribution in [2.45, 2.75) is 26.0 Å². The molecule has 1 saturated heterocycles. The molecule has 5 heteroatoms. The topological polar surface area (TPSA) is 49.8 Å². The first-order valence-corrected chi connectivity index (χ1v) is 7.12. The van der Waals surface area contributed by atoms with E-state index in [2.05, 4.69) is 15.9 Å². The van der Waals surface area contributed by atoms with E-state index < -0.39 is 0 Å². The van der Waals surface area contributed by atoms with Crippen LogP contribution in [0.1, 0.15) is 22.8 Å². The number of rotatable bonds is 2. The predicted molar refractivity (Wildman–Crippen MR) is 76.2 cm³/mol. The molecule has 1 aliphatic heterocycles. The number of halogens is 1. The predicted octanol–water partition coefficient (Wildman–Crippen LogP) is 1.98. The third-order valence-electron chi connectivity index (χ3n) is 3.47. The lowest BCUT2D eigenvalue weighted by molar-refractivity contribution is -0.0667. The lowest BCUT2D eigenvalue weighted by atomic mass is 10.1. The van der Waals surface area contributed by atoms with E-state index >= 15 is 0 Å². The van der Waals surface area contributed by atoms with Crippen LogP contribution in [0.4, 0.5) is 0 Å². The molecule has 2 atom stereocenters. The van der Waals surface area contributed by atoms with Gasteiger partial charge in [-0.05, 0) is 31.5 Å². The fourth-order valence-corrected chi connectivity index (χ4v) is 2.57. The van der Waals surface area contributed by atoms with Gasteiger partial charge in [-0.2, -0.15) is 0 Å². The molecule has 0 spiro atoms. The van der Waals surface area contributed by atoms with Gasteiger partial charge in [0.1, 0.15) is 0 Å². The van der Waals surface area contributed by atoms with Crippen LogP contribution >= 0.6 is 15.9 Å². The van der Waals surface area contributed by atoms with Crippen molar-refractivity contribution in [3.63, 3.8) is 0 Å². The quantitative estimate of drug-likeness (QED) is 0.903. The van der Waals surface area contributed by atoms with Crippen LogP contribution in [0.3, 0.4) is 0 Å². The zero-order valence-electron chi connectivity index (χ0n) is 11.1. The number of hydrogen-bond donors (Lipinski definition) is 1. The van der Waals surface area contributed by atoms with Gasteiger partial charge < -0.3 is 14.7 Å². The molecule has 1 fully saturated rings. The van der Waals surface area contributed by atoms with Crippen LogP contribution in [0, 0.1) is 6.92 Å². The molecule has 1 N–H and O–H groups in total. The van der Waals surface area contributed by atoms with E-state index in [4.69, 9.17) is 4.74 Å². The van der Waals surface area contributed by atoms with Crippen molar-refractivity contribution < 1.29 is 14.6 Å². The highest BCUT2D eigenvalue weighted by Gasteiger charge is 2.30. The summed E-state index contributed by atoms with van der Waals surface area (Å²) in [6.07, 6.45) is -0.285. The molecule has 0 aliphatic carbocycles. The summed E-state index contributed by atoms with van der Waals surface area (Å²) >= 11 is 3.44. The van der Waals surface area contributed by atoms with Gasteiger partial charge in [-0.3, -0.25) is 4.79 Å². The van der Waals surface area contributed by atoms with Gasteiger partial charge >= 0.3 is 0 Å². The largest absolute Gasteiger partial charge is 0.394 e. The summed E-state index contributed by atoms with van der Waals surface area (Å²) in [7, 11) is 0. The maximum absolute atomic E-state index is 12.6. The number of carbonyl (C=O) groups is 1. The van der Waals surface area contributed by atoms with Crippen LogP contribution in [0.5, 0.6) is 0 Å². The molecular weight excluding hydrogens is 310 g/mol. The number of hydrogen-bond acceptors (Lipinski definition) is 3. The first kappa shape index (κ1) is 14.5. The van der Waals surface area contributed by atoms with Crippen molar-refractivity contribution >= 4 is 21.8 Å². The van der Waals surface area contributed by atoms with Gasteiger partial charge in [0.25, 0.3) is 5.91 Å². The molecule has 0 radical (unpaired) electrons. The Morgan fingerprint density at radius 2 is 2.32 bits per heavy atom. The highest BCUT2D eigenvalue weighted by atomic mass is 79.9. The molecule has 4 nitrogen and oxygen atoms in total. The van der Waals surface area contributed by atoms with Crippen molar-refractivity contribution in [1.29, 1.82) is 0 Å². The average Bonchev–Trinajstić information content (AvgIpc) is 2.42. The van der Waals surface area contributed by atoms with Gasteiger partial charge in [-0.25, -0.2) is 0 Å². The first-order chi connectivity index (χ1) is 9.04. The summed E-state index contributed by atoms with van der Waals surface area (Å²) in [5.74, 6) is -0.00644. The van der Waals surface area contributed by atoms with E-state index in [0.717, 1.165) is 10.0 Å². The van der Waals surface area contributed by atoms with Crippen LogP contribution in [-0.2, 0) is 4.74 Å². The molecule has 2 rings (SSSR count). The van der Waals surface area contributed by atoms with Crippen molar-refractivity contribution in [3.05, 3.63) is 33.8 Å². The second-order valence-electron chi connectivity index (χ2n) is 4.86. The molecular formula is C14H18BrNO3. The SMILES string of the molecule is Cc1c(Br)cccc1C(=O)N1CC(CO)OCC1C. The van der Waals surface area contributed by atoms with Gasteiger partial charge in [-0.15, -0.1) is 0 Å². The summed E-state index contributed by atoms with van der Waals surface area (Å²) in [6, 6.07) is 5.64. The molecule has 1 aromatic rings. The van der Waals surface area contributed by atoms with E-state index in [0.29, 0.717) is 18.7 Å². The minimum absolute atomic E-state index is 0.00644. The Morgan fingerprint density at radius 3 is 3.00 bits per heavy atom. The minimum atomic E-state index is -0.285. The maximum Gasteiger partial charge on any atom is 0.254 e. The van der Waals surface area contributed by atoms with Crippen LogP contribution in [0.25, 0.3) is 0 Å². The highest BCUT2D eigenvalue weighted by Crippen LogP contribution is 2.23. The Kier molecular flexibility index (Phi) is 4.60. The number of aliphatic hydroxyl groups is 1. The van der Waals surface area contributed by atoms with E-state index in [1.807, 2.05) is 32.0 Å². The van der Waals surface area contributed by atoms with E-state index in [9.17, 15) is 9.90 Å². The van der Waals surface area contributed by atoms with Crippen LogP contribution in [0.15, 0.2) is 22.7 Å². The fourth-order valence-electron chi connectivity index (χ4n) is 2.20. The average molecular weight is 328 g/mol. The lowest BCUT2D eigenvalue weighted by Crippen LogP contribution is -2.52. The molecule has 0 saturated carbocycles. The molecule has 1 aliphatic rings. The normalized spacial score (nSPS) is 23.5. The standard InChI is InChI=1S/C14H18BrNO3/c1-9-8-19-11(7-17)6-16(9)14(18)12-4-3-5-13(15)10(12)2/h3-5,9,11,17H,6-8H2,1-2H3. The summed E-state index contributed by atoms with van der Waals surface area (Å²) < 4.78 is 6.39. The number of carbonyl (C=O) groups excluding carboxylic acids is 1. The molecule has 0 aromatic heterocycles. The zero-order chi connectivity index (χ0) is 14.0. The third kappa shape index (κ3) is 2.99. The molecule has 19 heavy (non-hydrogen) atoms. The summed E-state index contributed by atoms with van der Waals surface area (Å²) in [5, 5.41) is 9.18. The lowest BCUT2D eigenvalue weighted by Gasteiger charge is -2.37. The molecule has 1 aromatic carbocycles. The Labute approximate surface area is 121 Å². The zero-order valence-corrected chi connectivity index (χ0v) is 12.7. The smallest absolute Gasteiger partial charge is 0.254 e. The maximum atomic E-state index is 12.6. The summed E-state index contributed by atoms with van der Waals surface area (Å²) in [4.78, 5) is 14.4. The van der Waals surface area contributed by atoms with Crippen molar-refractivity contribution in [3.8, 4) is 0 Å². The first-order valence-electron chi connectivity index (χ1n) is 6.33. The third-order valence-corrected chi connectivity index (χ3v) is 4.33. The number of amides is 1. The van der Waals surface area contributed by atoms with E-state index in [1.165, 1.54) is 0 Å². The minimum Gasteiger partial charge on any atom is -0.394 e. The Hall–Kier alpha value is -0.910. The molecule has 0 bridgehead atoms. The van der Waals surface area contributed by atoms with Crippen molar-refractivity contribution in [1.82, 2.24) is 4.90 Å². The second kappa shape index (κ2) is 6.03. The number of ether oxygens (including phenoxy) is 1. The monoisotopic (exact) mass is 327 g/mol. The Balaban J connectivity index is 2.24. The number of nitrogens with zero attached hydrogens (tertiary/aromatic N) is 1. The van der Waals surface area contributed by atoms with Gasteiger partial charge in [0.05, 0.1) is 25.4 Å². The summed E-state index contributed by atoms with van der Waals surface area (Å²) in [6.45, 7) is 4.71. The molecule has 1 heterocycles. The van der Waals surface area contributed by atoms with E-state index in [-0.39, 0.29) is 24.7 Å². The Bertz CT molecular complexity index is 478. The van der Waals surface area contributed by atoms with E-state index in [1.54, 1.807) is 4.90 Å². The number of morpholine rings is 1. The van der Waals surface area contributed by atoms with Gasteiger partial charge in [0, 0.05) is 16.6 Å². The van der Waals surface area contributed by atoms with Crippen LogP contribution in [-0.4, -0.2) is 47.8 Å². The molecule has 2 unspecified atom stereocenters. The van der Waals surface area contributed by atoms with Crippen LogP contribution < -0.4 is 0 Å². The highest BCUT2D eigenvalue weighted by molar-refractivity contribution is 9.10. The van der Waals surface area contributed by atoms with Gasteiger partial charge in [-0.1, -0.05) is 22.0 Å². The fraction of sp³-hybridized carbons (Fsp3) is 0.500. The van der Waals surface area contributed by atoms with Crippen LogP contribution in [0.2, 0.25) is 0 Å². The van der Waals surface area contributed by atoms with Gasteiger partial charge in [0.15, 0.2) is 0 Å². The molecule has 104 valence electrons. The number of aliphatic hydroxyl groups excluding tert-OH is 1. The molecule has 1 amide bonds. The number of benzene rings is 1.